The molecule has 0 unspecified atom stereocenters. The van der Waals surface area contributed by atoms with Crippen LogP contribution in [0.5, 0.6) is 5.75 Å². The van der Waals surface area contributed by atoms with Crippen LogP contribution in [0, 0.1) is 6.92 Å². The molecule has 0 aliphatic carbocycles. The number of carbonyl (C=O) groups excluding carboxylic acids is 2. The van der Waals surface area contributed by atoms with Crippen molar-refractivity contribution in [2.45, 2.75) is 27.2 Å². The number of aryl methyl sites for hydroxylation is 1. The van der Waals surface area contributed by atoms with Gasteiger partial charge in [-0.05, 0) is 54.6 Å². The van der Waals surface area contributed by atoms with Crippen molar-refractivity contribution >= 4 is 29.4 Å². The number of thioether (sulfide) groups is 1. The van der Waals surface area contributed by atoms with Gasteiger partial charge in [0.25, 0.3) is 5.91 Å². The van der Waals surface area contributed by atoms with Crippen molar-refractivity contribution < 1.29 is 18.7 Å². The molecule has 0 aliphatic heterocycles. The lowest BCUT2D eigenvalue weighted by atomic mass is 10.2. The smallest absolute Gasteiger partial charge is 0.255 e. The van der Waals surface area contributed by atoms with Gasteiger partial charge < -0.3 is 14.9 Å². The summed E-state index contributed by atoms with van der Waals surface area (Å²) in [5.41, 5.74) is 8.37. The molecule has 31 heavy (non-hydrogen) atoms. The van der Waals surface area contributed by atoms with Crippen molar-refractivity contribution in [2.24, 2.45) is 5.73 Å². The molecular formula is C24H26N2O4S. The minimum atomic E-state index is -0.639. The van der Waals surface area contributed by atoms with E-state index in [0.29, 0.717) is 30.3 Å². The number of amides is 1. The van der Waals surface area contributed by atoms with Crippen LogP contribution in [0.25, 0.3) is 17.5 Å². The van der Waals surface area contributed by atoms with E-state index in [-0.39, 0.29) is 4.91 Å². The van der Waals surface area contributed by atoms with Crippen LogP contribution in [-0.2, 0) is 16.0 Å². The molecule has 0 atom stereocenters. The first kappa shape index (κ1) is 24.0. The fraction of sp³-hybridized carbons (Fsp3) is 0.208. The second-order valence-electron chi connectivity index (χ2n) is 6.14. The van der Waals surface area contributed by atoms with Gasteiger partial charge in [0, 0.05) is 12.0 Å². The van der Waals surface area contributed by atoms with E-state index in [2.05, 4.69) is 4.98 Å². The molecule has 1 heterocycles. The van der Waals surface area contributed by atoms with E-state index in [1.807, 2.05) is 51.1 Å². The predicted molar refractivity (Wildman–Crippen MR) is 125 cm³/mol. The van der Waals surface area contributed by atoms with Crippen molar-refractivity contribution in [1.82, 2.24) is 4.98 Å². The molecule has 0 aliphatic rings. The van der Waals surface area contributed by atoms with Gasteiger partial charge in [-0.3, -0.25) is 9.59 Å². The lowest BCUT2D eigenvalue weighted by Crippen LogP contribution is -2.11. The second-order valence-corrected chi connectivity index (χ2v) is 7.01. The van der Waals surface area contributed by atoms with Crippen molar-refractivity contribution in [3.63, 3.8) is 0 Å². The molecule has 0 bridgehead atoms. The fourth-order valence-corrected chi connectivity index (χ4v) is 3.08. The molecule has 2 N–H and O–H groups in total. The summed E-state index contributed by atoms with van der Waals surface area (Å²) in [4.78, 5) is 26.6. The SMILES string of the molecule is CC.Cc1oc(-c2ccccc2)nc1CCOc1ccc(/C=C(\SC=O)C(N)=O)cc1. The third kappa shape index (κ3) is 7.15. The van der Waals surface area contributed by atoms with Crippen LogP contribution in [0.1, 0.15) is 30.9 Å². The first-order valence-electron chi connectivity index (χ1n) is 9.93. The van der Waals surface area contributed by atoms with Gasteiger partial charge in [-0.15, -0.1) is 0 Å². The molecule has 1 amide bonds. The first-order valence-corrected chi connectivity index (χ1v) is 10.8. The summed E-state index contributed by atoms with van der Waals surface area (Å²) < 4.78 is 11.5. The second kappa shape index (κ2) is 12.4. The van der Waals surface area contributed by atoms with Gasteiger partial charge in [-0.25, -0.2) is 4.98 Å². The van der Waals surface area contributed by atoms with Crippen LogP contribution in [0.15, 0.2) is 63.9 Å². The highest BCUT2D eigenvalue weighted by Crippen LogP contribution is 2.22. The van der Waals surface area contributed by atoms with E-state index >= 15 is 0 Å². The lowest BCUT2D eigenvalue weighted by molar-refractivity contribution is -0.113. The van der Waals surface area contributed by atoms with Crippen LogP contribution < -0.4 is 10.5 Å². The number of aromatic nitrogens is 1. The van der Waals surface area contributed by atoms with Crippen molar-refractivity contribution in [3.8, 4) is 17.2 Å². The Kier molecular flexibility index (Phi) is 9.58. The van der Waals surface area contributed by atoms with Crippen molar-refractivity contribution in [3.05, 3.63) is 76.5 Å². The summed E-state index contributed by atoms with van der Waals surface area (Å²) in [6, 6.07) is 16.9. The third-order valence-electron chi connectivity index (χ3n) is 4.12. The van der Waals surface area contributed by atoms with Crippen LogP contribution in [0.2, 0.25) is 0 Å². The highest BCUT2D eigenvalue weighted by Gasteiger charge is 2.11. The molecule has 3 rings (SSSR count). The molecule has 2 aromatic carbocycles. The Bertz CT molecular complexity index is 1010. The van der Waals surface area contributed by atoms with Gasteiger partial charge in [0.05, 0.1) is 17.2 Å². The van der Waals surface area contributed by atoms with E-state index < -0.39 is 5.91 Å². The number of hydrogen-bond acceptors (Lipinski definition) is 6. The Labute approximate surface area is 186 Å². The standard InChI is InChI=1S/C22H20N2O4S.C2H6/c1-15-19(24-22(28-15)17-5-3-2-4-6-17)11-12-27-18-9-7-16(8-10-18)13-20(21(23)26)29-14-25;1-2/h2-10,13-14H,11-12H2,1H3,(H2,23,26);1-2H3/b20-13-;. The Hall–Kier alpha value is -3.32. The minimum Gasteiger partial charge on any atom is -0.493 e. The number of primary amides is 1. The number of ether oxygens (including phenoxy) is 1. The normalized spacial score (nSPS) is 10.7. The van der Waals surface area contributed by atoms with Gasteiger partial charge >= 0.3 is 0 Å². The summed E-state index contributed by atoms with van der Waals surface area (Å²) in [5.74, 6) is 1.43. The fourth-order valence-electron chi connectivity index (χ4n) is 2.66. The average molecular weight is 439 g/mol. The van der Waals surface area contributed by atoms with Crippen molar-refractivity contribution in [2.75, 3.05) is 6.61 Å². The molecule has 3 aromatic rings. The maximum atomic E-state index is 11.3. The highest BCUT2D eigenvalue weighted by molar-refractivity contribution is 8.16. The summed E-state index contributed by atoms with van der Waals surface area (Å²) >= 11 is 0.756. The number of benzene rings is 2. The number of carbonyl (C=O) groups is 2. The molecule has 7 heteroatoms. The predicted octanol–water partition coefficient (Wildman–Crippen LogP) is 5.05. The number of nitrogens with zero attached hydrogens (tertiary/aromatic N) is 1. The molecule has 0 fully saturated rings. The van der Waals surface area contributed by atoms with E-state index in [9.17, 15) is 9.59 Å². The Balaban J connectivity index is 0.00000166. The van der Waals surface area contributed by atoms with Gasteiger partial charge in [-0.2, -0.15) is 0 Å². The zero-order chi connectivity index (χ0) is 22.6. The van der Waals surface area contributed by atoms with E-state index in [4.69, 9.17) is 14.9 Å². The van der Waals surface area contributed by atoms with Gasteiger partial charge in [0.2, 0.25) is 5.89 Å². The van der Waals surface area contributed by atoms with Gasteiger partial charge in [0.1, 0.15) is 11.5 Å². The van der Waals surface area contributed by atoms with Crippen LogP contribution in [-0.4, -0.2) is 23.1 Å². The number of nitrogens with two attached hydrogens (primary N) is 1. The van der Waals surface area contributed by atoms with E-state index in [1.165, 1.54) is 0 Å². The van der Waals surface area contributed by atoms with Gasteiger partial charge in [-0.1, -0.05) is 44.2 Å². The van der Waals surface area contributed by atoms with E-state index in [0.717, 1.165) is 34.3 Å². The third-order valence-corrected chi connectivity index (χ3v) is 4.79. The molecule has 6 nitrogen and oxygen atoms in total. The maximum absolute atomic E-state index is 11.3. The molecular weight excluding hydrogens is 412 g/mol. The lowest BCUT2D eigenvalue weighted by Gasteiger charge is -2.06. The Morgan fingerprint density at radius 1 is 1.13 bits per heavy atom. The van der Waals surface area contributed by atoms with Crippen LogP contribution >= 0.6 is 11.8 Å². The molecule has 0 radical (unpaired) electrons. The molecule has 0 saturated heterocycles. The molecule has 0 spiro atoms. The summed E-state index contributed by atoms with van der Waals surface area (Å²) in [7, 11) is 0. The topological polar surface area (TPSA) is 95.4 Å². The zero-order valence-corrected chi connectivity index (χ0v) is 18.6. The monoisotopic (exact) mass is 438 g/mol. The Morgan fingerprint density at radius 3 is 2.42 bits per heavy atom. The minimum absolute atomic E-state index is 0.185. The maximum Gasteiger partial charge on any atom is 0.255 e. The van der Waals surface area contributed by atoms with Gasteiger partial charge in [0.15, 0.2) is 5.62 Å². The quantitative estimate of drug-likeness (QED) is 0.371. The van der Waals surface area contributed by atoms with Crippen molar-refractivity contribution in [1.29, 1.82) is 0 Å². The molecule has 162 valence electrons. The zero-order valence-electron chi connectivity index (χ0n) is 17.8. The first-order chi connectivity index (χ1) is 15.1. The van der Waals surface area contributed by atoms with Crippen LogP contribution in [0.4, 0.5) is 0 Å². The largest absolute Gasteiger partial charge is 0.493 e. The highest BCUT2D eigenvalue weighted by atomic mass is 32.2. The number of oxazole rings is 1. The van der Waals surface area contributed by atoms with E-state index in [1.54, 1.807) is 30.3 Å². The molecule has 1 aromatic heterocycles. The van der Waals surface area contributed by atoms with Crippen LogP contribution in [0.3, 0.4) is 0 Å². The average Bonchev–Trinajstić information content (AvgIpc) is 3.17. The Morgan fingerprint density at radius 2 is 1.81 bits per heavy atom. The summed E-state index contributed by atoms with van der Waals surface area (Å²) in [6.07, 6.45) is 2.18. The number of hydrogen-bond donors (Lipinski definition) is 1. The molecule has 0 saturated carbocycles. The summed E-state index contributed by atoms with van der Waals surface area (Å²) in [6.45, 7) is 6.34. The summed E-state index contributed by atoms with van der Waals surface area (Å²) in [5, 5.41) is 0. The number of rotatable bonds is 9.